The highest BCUT2D eigenvalue weighted by atomic mass is 16.7. The maximum Gasteiger partial charge on any atom is 0.345 e. The Morgan fingerprint density at radius 1 is 1.50 bits per heavy atom. The lowest BCUT2D eigenvalue weighted by Crippen LogP contribution is -2.46. The molecule has 0 heterocycles. The van der Waals surface area contributed by atoms with E-state index in [-0.39, 0.29) is 6.42 Å². The molecule has 12 heavy (non-hydrogen) atoms. The van der Waals surface area contributed by atoms with Gasteiger partial charge in [-0.05, 0) is 6.42 Å². The number of hydrogen-bond donors (Lipinski definition) is 4. The van der Waals surface area contributed by atoms with Crippen molar-refractivity contribution >= 4 is 5.97 Å². The van der Waals surface area contributed by atoms with Gasteiger partial charge in [0.05, 0.1) is 0 Å². The van der Waals surface area contributed by atoms with Crippen LogP contribution in [0.2, 0.25) is 0 Å². The van der Waals surface area contributed by atoms with E-state index >= 15 is 0 Å². The van der Waals surface area contributed by atoms with Crippen LogP contribution in [-0.4, -0.2) is 34.1 Å². The van der Waals surface area contributed by atoms with E-state index in [0.29, 0.717) is 6.42 Å². The summed E-state index contributed by atoms with van der Waals surface area (Å²) in [7, 11) is 0. The van der Waals surface area contributed by atoms with Crippen molar-refractivity contribution in [2.75, 3.05) is 6.73 Å². The maximum absolute atomic E-state index is 10.6. The average Bonchev–Trinajstić information content (AvgIpc) is 1.84. The van der Waals surface area contributed by atoms with Gasteiger partial charge < -0.3 is 20.1 Å². The Bertz CT molecular complexity index is 141. The molecule has 0 aliphatic heterocycles. The smallest absolute Gasteiger partial charge is 0.345 e. The maximum atomic E-state index is 10.6. The van der Waals surface area contributed by atoms with Gasteiger partial charge in [-0.15, -0.1) is 0 Å². The second-order valence-corrected chi connectivity index (χ2v) is 2.22. The summed E-state index contributed by atoms with van der Waals surface area (Å²) >= 11 is 0. The van der Waals surface area contributed by atoms with Crippen LogP contribution in [0.5, 0.6) is 0 Å². The number of carbonyl (C=O) groups is 1. The van der Waals surface area contributed by atoms with Crippen molar-refractivity contribution in [3.8, 4) is 0 Å². The Labute approximate surface area is 69.8 Å². The first-order valence-corrected chi connectivity index (χ1v) is 3.53. The van der Waals surface area contributed by atoms with E-state index in [2.05, 4.69) is 4.74 Å². The Kier molecular flexibility index (Phi) is 4.75. The highest BCUT2D eigenvalue weighted by Crippen LogP contribution is 1.91. The number of hydrogen-bond acceptors (Lipinski definition) is 6. The van der Waals surface area contributed by atoms with Gasteiger partial charge in [0, 0.05) is 6.42 Å². The van der Waals surface area contributed by atoms with Gasteiger partial charge in [0.1, 0.15) is 6.73 Å². The van der Waals surface area contributed by atoms with Crippen LogP contribution in [0.25, 0.3) is 0 Å². The van der Waals surface area contributed by atoms with Crippen molar-refractivity contribution in [2.45, 2.75) is 25.9 Å². The molecule has 0 rings (SSSR count). The molecule has 0 bridgehead atoms. The molecule has 0 amide bonds. The van der Waals surface area contributed by atoms with Crippen molar-refractivity contribution in [3.63, 3.8) is 0 Å². The lowest BCUT2D eigenvalue weighted by atomic mass is 10.3. The van der Waals surface area contributed by atoms with Crippen molar-refractivity contribution in [3.05, 3.63) is 0 Å². The van der Waals surface area contributed by atoms with Crippen LogP contribution in [0, 0.1) is 0 Å². The molecule has 0 saturated carbocycles. The first-order valence-electron chi connectivity index (χ1n) is 3.53. The van der Waals surface area contributed by atoms with E-state index in [0.717, 1.165) is 0 Å². The zero-order valence-corrected chi connectivity index (χ0v) is 6.78. The van der Waals surface area contributed by atoms with Crippen molar-refractivity contribution in [2.24, 2.45) is 0 Å². The third-order valence-electron chi connectivity index (χ3n) is 0.997. The van der Waals surface area contributed by atoms with Crippen LogP contribution in [0.1, 0.15) is 19.8 Å². The highest BCUT2D eigenvalue weighted by molar-refractivity contribution is 5.69. The highest BCUT2D eigenvalue weighted by Gasteiger charge is 2.16. The van der Waals surface area contributed by atoms with E-state index in [1.54, 1.807) is 5.32 Å². The molecule has 0 aliphatic carbocycles. The topological polar surface area (TPSA) is 99.0 Å². The van der Waals surface area contributed by atoms with E-state index in [1.165, 1.54) is 0 Å². The number of nitrogens with one attached hydrogen (secondary N) is 1. The fraction of sp³-hybridized carbons (Fsp3) is 0.833. The summed E-state index contributed by atoms with van der Waals surface area (Å²) in [6, 6.07) is 0. The molecule has 0 aromatic carbocycles. The first kappa shape index (κ1) is 11.3. The van der Waals surface area contributed by atoms with Gasteiger partial charge in [-0.2, -0.15) is 0 Å². The van der Waals surface area contributed by atoms with E-state index in [4.69, 9.17) is 15.3 Å². The Morgan fingerprint density at radius 2 is 2.08 bits per heavy atom. The standard InChI is InChI=1S/C6H13NO5/c1-2-3-5(8)12-4-7-6(9,10)11/h7,9-11H,2-4H2,1H3. The molecule has 0 spiro atoms. The van der Waals surface area contributed by atoms with Crippen LogP contribution in [0.4, 0.5) is 0 Å². The minimum atomic E-state index is -2.99. The lowest BCUT2D eigenvalue weighted by Gasteiger charge is -2.14. The lowest BCUT2D eigenvalue weighted by molar-refractivity contribution is -0.336. The summed E-state index contributed by atoms with van der Waals surface area (Å²) in [6.07, 6.45) is -2.08. The fourth-order valence-electron chi connectivity index (χ4n) is 0.490. The predicted molar refractivity (Wildman–Crippen MR) is 38.4 cm³/mol. The van der Waals surface area contributed by atoms with Gasteiger partial charge in [0.2, 0.25) is 0 Å². The van der Waals surface area contributed by atoms with E-state index in [1.807, 2.05) is 6.92 Å². The summed E-state index contributed by atoms with van der Waals surface area (Å²) in [4.78, 5) is 10.6. The fourth-order valence-corrected chi connectivity index (χ4v) is 0.490. The van der Waals surface area contributed by atoms with Gasteiger partial charge in [-0.25, -0.2) is 5.32 Å². The molecule has 0 unspecified atom stereocenters. The molecule has 0 atom stereocenters. The van der Waals surface area contributed by atoms with Gasteiger partial charge >= 0.3 is 12.1 Å². The number of rotatable bonds is 5. The van der Waals surface area contributed by atoms with Gasteiger partial charge in [0.25, 0.3) is 0 Å². The minimum absolute atomic E-state index is 0.261. The quantitative estimate of drug-likeness (QED) is 0.302. The molecule has 0 aromatic rings. The van der Waals surface area contributed by atoms with Crippen LogP contribution < -0.4 is 5.32 Å². The summed E-state index contributed by atoms with van der Waals surface area (Å²) in [5.74, 6) is -0.464. The zero-order valence-electron chi connectivity index (χ0n) is 6.78. The van der Waals surface area contributed by atoms with Crippen LogP contribution in [0.15, 0.2) is 0 Å². The summed E-state index contributed by atoms with van der Waals surface area (Å²) < 4.78 is 4.43. The monoisotopic (exact) mass is 179 g/mol. The number of aliphatic hydroxyl groups is 3. The van der Waals surface area contributed by atoms with E-state index < -0.39 is 18.8 Å². The number of esters is 1. The summed E-state index contributed by atoms with van der Waals surface area (Å²) in [5.41, 5.74) is 0. The Hall–Kier alpha value is -0.690. The molecule has 0 fully saturated rings. The van der Waals surface area contributed by atoms with E-state index in [9.17, 15) is 4.79 Å². The summed E-state index contributed by atoms with van der Waals surface area (Å²) in [6.45, 7) is 1.37. The second kappa shape index (κ2) is 5.04. The van der Waals surface area contributed by atoms with Gasteiger partial charge in [0.15, 0.2) is 0 Å². The average molecular weight is 179 g/mol. The molecular formula is C6H13NO5. The van der Waals surface area contributed by atoms with Gasteiger partial charge in [-0.3, -0.25) is 4.79 Å². The molecule has 0 aromatic heterocycles. The molecule has 0 aliphatic rings. The Morgan fingerprint density at radius 3 is 2.50 bits per heavy atom. The first-order chi connectivity index (χ1) is 5.45. The molecule has 6 heteroatoms. The Balaban J connectivity index is 3.37. The third-order valence-corrected chi connectivity index (χ3v) is 0.997. The SMILES string of the molecule is CCCC(=O)OCNC(O)(O)O. The molecule has 4 N–H and O–H groups in total. The van der Waals surface area contributed by atoms with Crippen molar-refractivity contribution in [1.82, 2.24) is 5.32 Å². The van der Waals surface area contributed by atoms with Crippen molar-refractivity contribution in [1.29, 1.82) is 0 Å². The predicted octanol–water partition coefficient (Wildman–Crippen LogP) is -1.53. The van der Waals surface area contributed by atoms with Crippen LogP contribution in [-0.2, 0) is 9.53 Å². The molecule has 0 radical (unpaired) electrons. The zero-order chi connectivity index (χ0) is 9.61. The summed E-state index contributed by atoms with van der Waals surface area (Å²) in [5, 5.41) is 26.5. The van der Waals surface area contributed by atoms with Crippen LogP contribution >= 0.6 is 0 Å². The van der Waals surface area contributed by atoms with Crippen molar-refractivity contribution < 1.29 is 24.9 Å². The number of ether oxygens (including phenoxy) is 1. The number of carbonyl (C=O) groups excluding carboxylic acids is 1. The largest absolute Gasteiger partial charge is 0.449 e. The molecular weight excluding hydrogens is 166 g/mol. The normalized spacial score (nSPS) is 11.3. The molecule has 72 valence electrons. The second-order valence-electron chi connectivity index (χ2n) is 2.22. The third kappa shape index (κ3) is 7.42. The van der Waals surface area contributed by atoms with Gasteiger partial charge in [-0.1, -0.05) is 6.92 Å². The minimum Gasteiger partial charge on any atom is -0.449 e. The molecule has 0 saturated heterocycles. The molecule has 6 nitrogen and oxygen atoms in total. The van der Waals surface area contributed by atoms with Crippen LogP contribution in [0.3, 0.4) is 0 Å².